The van der Waals surface area contributed by atoms with Crippen molar-refractivity contribution >= 4 is 26.7 Å². The number of carbonyl (C=O) groups excluding carboxylic acids is 1. The van der Waals surface area contributed by atoms with Crippen LogP contribution in [0.4, 0.5) is 8.78 Å². The topological polar surface area (TPSA) is 72.5 Å². The predicted molar refractivity (Wildman–Crippen MR) is 96.9 cm³/mol. The summed E-state index contributed by atoms with van der Waals surface area (Å²) in [6.45, 7) is -0.00735. The summed E-state index contributed by atoms with van der Waals surface area (Å²) in [5.41, 5.74) is 0.0576. The number of hydrogen-bond acceptors (Lipinski definition) is 4. The maximum Gasteiger partial charge on any atom is 0.267 e. The van der Waals surface area contributed by atoms with Crippen molar-refractivity contribution < 1.29 is 26.7 Å². The lowest BCUT2D eigenvalue weighted by Gasteiger charge is -2.11. The lowest BCUT2D eigenvalue weighted by atomic mass is 10.1. The van der Waals surface area contributed by atoms with E-state index in [-0.39, 0.29) is 12.4 Å². The van der Waals surface area contributed by atoms with E-state index in [1.807, 2.05) is 42.5 Å². The van der Waals surface area contributed by atoms with Crippen molar-refractivity contribution in [1.29, 1.82) is 0 Å². The molecule has 0 saturated heterocycles. The van der Waals surface area contributed by atoms with Crippen molar-refractivity contribution in [3.05, 3.63) is 77.4 Å². The summed E-state index contributed by atoms with van der Waals surface area (Å²) in [7, 11) is -3.90. The molecule has 0 saturated carbocycles. The molecule has 8 heteroatoms. The second kappa shape index (κ2) is 7.32. The molecule has 1 N–H and O–H groups in total. The van der Waals surface area contributed by atoms with Gasteiger partial charge in [-0.05, 0) is 22.4 Å². The average Bonchev–Trinajstić information content (AvgIpc) is 2.60. The molecule has 0 aliphatic rings. The molecule has 0 bridgehead atoms. The first-order valence-corrected chi connectivity index (χ1v) is 9.74. The maximum atomic E-state index is 14.2. The molecular formula is C19H15F2NO4S. The van der Waals surface area contributed by atoms with Gasteiger partial charge in [-0.25, -0.2) is 21.9 Å². The van der Waals surface area contributed by atoms with Crippen molar-refractivity contribution in [3.8, 4) is 5.75 Å². The second-order valence-corrected chi connectivity index (χ2v) is 7.64. The van der Waals surface area contributed by atoms with Crippen molar-refractivity contribution in [2.45, 2.75) is 6.61 Å². The summed E-state index contributed by atoms with van der Waals surface area (Å²) in [4.78, 5) is 11.7. The zero-order valence-electron chi connectivity index (χ0n) is 14.2. The van der Waals surface area contributed by atoms with E-state index in [4.69, 9.17) is 4.74 Å². The highest BCUT2D eigenvalue weighted by molar-refractivity contribution is 7.89. The molecule has 0 aliphatic carbocycles. The summed E-state index contributed by atoms with van der Waals surface area (Å²) >= 11 is 0. The molecule has 0 fully saturated rings. The van der Waals surface area contributed by atoms with E-state index in [9.17, 15) is 22.0 Å². The molecular weight excluding hydrogens is 376 g/mol. The van der Waals surface area contributed by atoms with Gasteiger partial charge in [0.1, 0.15) is 12.4 Å². The number of rotatable bonds is 5. The lowest BCUT2D eigenvalue weighted by molar-refractivity contribution is 0.0977. The summed E-state index contributed by atoms with van der Waals surface area (Å²) < 4.78 is 57.5. The summed E-state index contributed by atoms with van der Waals surface area (Å²) in [6.07, 6.45) is 0.737. The highest BCUT2D eigenvalue weighted by Crippen LogP contribution is 2.25. The molecule has 3 rings (SSSR count). The first-order chi connectivity index (χ1) is 12.7. The molecule has 1 amide bonds. The Morgan fingerprint density at radius 1 is 1.04 bits per heavy atom. The van der Waals surface area contributed by atoms with Gasteiger partial charge in [-0.1, -0.05) is 42.5 Å². The Hall–Kier alpha value is -3.00. The third-order valence-corrected chi connectivity index (χ3v) is 4.36. The second-order valence-electron chi connectivity index (χ2n) is 5.89. The van der Waals surface area contributed by atoms with Crippen LogP contribution >= 0.6 is 0 Å². The largest absolute Gasteiger partial charge is 0.486 e. The van der Waals surface area contributed by atoms with E-state index in [0.717, 1.165) is 28.7 Å². The Bertz CT molecular complexity index is 1120. The highest BCUT2D eigenvalue weighted by Gasteiger charge is 2.19. The zero-order valence-corrected chi connectivity index (χ0v) is 15.0. The fourth-order valence-corrected chi connectivity index (χ4v) is 3.06. The Balaban J connectivity index is 1.84. The highest BCUT2D eigenvalue weighted by atomic mass is 32.2. The van der Waals surface area contributed by atoms with Gasteiger partial charge >= 0.3 is 0 Å². The van der Waals surface area contributed by atoms with Gasteiger partial charge in [0, 0.05) is 6.07 Å². The zero-order chi connectivity index (χ0) is 19.6. The summed E-state index contributed by atoms with van der Waals surface area (Å²) in [5, 5.41) is 1.91. The minimum Gasteiger partial charge on any atom is -0.486 e. The predicted octanol–water partition coefficient (Wildman–Crippen LogP) is 3.39. The third kappa shape index (κ3) is 4.40. The molecule has 5 nitrogen and oxygen atoms in total. The fraction of sp³-hybridized carbons (Fsp3) is 0.105. The van der Waals surface area contributed by atoms with Crippen LogP contribution in [-0.2, 0) is 16.6 Å². The van der Waals surface area contributed by atoms with Crippen molar-refractivity contribution in [2.24, 2.45) is 0 Å². The monoisotopic (exact) mass is 391 g/mol. The Morgan fingerprint density at radius 3 is 2.48 bits per heavy atom. The Kier molecular flexibility index (Phi) is 5.09. The number of amides is 1. The first-order valence-electron chi connectivity index (χ1n) is 7.85. The molecule has 0 aromatic heterocycles. The van der Waals surface area contributed by atoms with Gasteiger partial charge in [0.25, 0.3) is 5.91 Å². The number of hydrogen-bond donors (Lipinski definition) is 1. The van der Waals surface area contributed by atoms with Gasteiger partial charge in [0.2, 0.25) is 10.0 Å². The van der Waals surface area contributed by atoms with Crippen molar-refractivity contribution in [3.63, 3.8) is 0 Å². The minimum absolute atomic E-state index is 0.00735. The summed E-state index contributed by atoms with van der Waals surface area (Å²) in [6, 6.07) is 14.5. The van der Waals surface area contributed by atoms with Crippen molar-refractivity contribution in [2.75, 3.05) is 6.26 Å². The molecule has 3 aromatic rings. The van der Waals surface area contributed by atoms with Crippen LogP contribution in [0.5, 0.6) is 5.75 Å². The fourth-order valence-electron chi connectivity index (χ4n) is 2.61. The number of carbonyl (C=O) groups is 1. The number of sulfonamides is 1. The average molecular weight is 391 g/mol. The van der Waals surface area contributed by atoms with Crippen LogP contribution in [0.15, 0.2) is 54.6 Å². The van der Waals surface area contributed by atoms with Crippen LogP contribution in [0.2, 0.25) is 0 Å². The van der Waals surface area contributed by atoms with E-state index in [0.29, 0.717) is 6.07 Å². The number of halogens is 2. The Labute approximate surface area is 154 Å². The smallest absolute Gasteiger partial charge is 0.267 e. The number of benzene rings is 3. The Morgan fingerprint density at radius 2 is 1.74 bits per heavy atom. The van der Waals surface area contributed by atoms with Crippen LogP contribution in [0, 0.1) is 11.6 Å². The standard InChI is InChI=1S/C19H15F2NO4S/c1-27(24,25)22-19(23)15-9-17(21)18(10-16(15)20)26-11-13-7-4-6-12-5-2-3-8-14(12)13/h2-10H,11H2,1H3,(H,22,23). The van der Waals surface area contributed by atoms with E-state index in [2.05, 4.69) is 0 Å². The summed E-state index contributed by atoms with van der Waals surface area (Å²) in [5.74, 6) is -3.70. The minimum atomic E-state index is -3.90. The van der Waals surface area contributed by atoms with Crippen LogP contribution in [0.1, 0.15) is 15.9 Å². The van der Waals surface area contributed by atoms with E-state index >= 15 is 0 Å². The van der Waals surface area contributed by atoms with Crippen molar-refractivity contribution in [1.82, 2.24) is 4.72 Å². The van der Waals surface area contributed by atoms with E-state index in [1.54, 1.807) is 4.72 Å². The van der Waals surface area contributed by atoms with Crippen LogP contribution < -0.4 is 9.46 Å². The number of fused-ring (bicyclic) bond motifs is 1. The molecule has 0 heterocycles. The number of ether oxygens (including phenoxy) is 1. The molecule has 27 heavy (non-hydrogen) atoms. The van der Waals surface area contributed by atoms with Gasteiger partial charge < -0.3 is 4.74 Å². The molecule has 0 atom stereocenters. The molecule has 0 unspecified atom stereocenters. The van der Waals surface area contributed by atoms with E-state index in [1.165, 1.54) is 0 Å². The molecule has 3 aromatic carbocycles. The van der Waals surface area contributed by atoms with Gasteiger partial charge in [0.15, 0.2) is 11.6 Å². The molecule has 0 spiro atoms. The SMILES string of the molecule is CS(=O)(=O)NC(=O)c1cc(F)c(OCc2cccc3ccccc23)cc1F. The normalized spacial score (nSPS) is 11.4. The maximum absolute atomic E-state index is 14.2. The first kappa shape index (κ1) is 18.8. The number of nitrogens with one attached hydrogen (secondary N) is 1. The van der Waals surface area contributed by atoms with Gasteiger partial charge in [-0.15, -0.1) is 0 Å². The molecule has 0 aliphatic heterocycles. The van der Waals surface area contributed by atoms with Crippen LogP contribution in [-0.4, -0.2) is 20.6 Å². The van der Waals surface area contributed by atoms with Crippen LogP contribution in [0.25, 0.3) is 10.8 Å². The van der Waals surface area contributed by atoms with Gasteiger partial charge in [0.05, 0.1) is 11.8 Å². The molecule has 0 radical (unpaired) electrons. The van der Waals surface area contributed by atoms with E-state index < -0.39 is 33.1 Å². The van der Waals surface area contributed by atoms with Gasteiger partial charge in [-0.3, -0.25) is 4.79 Å². The lowest BCUT2D eigenvalue weighted by Crippen LogP contribution is -2.30. The third-order valence-electron chi connectivity index (χ3n) is 3.81. The van der Waals surface area contributed by atoms with Crippen LogP contribution in [0.3, 0.4) is 0 Å². The van der Waals surface area contributed by atoms with Gasteiger partial charge in [-0.2, -0.15) is 0 Å². The molecule has 140 valence electrons. The quantitative estimate of drug-likeness (QED) is 0.724.